The zero-order chi connectivity index (χ0) is 49.7. The molecule has 2 heterocycles. The van der Waals surface area contributed by atoms with Gasteiger partial charge in [0.2, 0.25) is 11.8 Å². The molecule has 4 N–H and O–H groups in total. The lowest BCUT2D eigenvalue weighted by atomic mass is 9.70. The minimum absolute atomic E-state index is 0.301. The molecule has 4 aromatic rings. The molecule has 3 aliphatic rings. The molecule has 0 saturated carbocycles. The zero-order valence-electron chi connectivity index (χ0n) is 38.8. The number of nitrogens with one attached hydrogen (secondary N) is 4. The van der Waals surface area contributed by atoms with Gasteiger partial charge in [0.05, 0.1) is 27.3 Å². The number of anilines is 2. The number of carbonyl (C=O) groups is 6. The summed E-state index contributed by atoms with van der Waals surface area (Å²) in [4.78, 5) is 82.6. The summed E-state index contributed by atoms with van der Waals surface area (Å²) in [5.74, 6) is -10.3. The van der Waals surface area contributed by atoms with Crippen molar-refractivity contribution in [3.05, 3.63) is 119 Å². The van der Waals surface area contributed by atoms with E-state index in [4.69, 9.17) is 9.47 Å². The molecular formula is C51H56F4N6O8. The number of hydrogen-bond donors (Lipinski definition) is 4. The lowest BCUT2D eigenvalue weighted by Crippen LogP contribution is -2.49. The van der Waals surface area contributed by atoms with Gasteiger partial charge in [-0.25, -0.2) is 27.2 Å². The van der Waals surface area contributed by atoms with Crippen LogP contribution in [0.5, 0.6) is 0 Å². The number of alkyl carbamates (subject to hydrolysis) is 2. The molecule has 2 fully saturated rings. The second-order valence-corrected chi connectivity index (χ2v) is 17.8. The summed E-state index contributed by atoms with van der Waals surface area (Å²) in [6.07, 6.45) is 0.682. The topological polar surface area (TPSA) is 175 Å². The maximum atomic E-state index is 15.2. The Balaban J connectivity index is 1.17. The Morgan fingerprint density at radius 3 is 1.32 bits per heavy atom. The molecule has 0 aromatic heterocycles. The van der Waals surface area contributed by atoms with Gasteiger partial charge in [0.25, 0.3) is 23.7 Å². The number of hydrogen-bond acceptors (Lipinski definition) is 8. The van der Waals surface area contributed by atoms with Gasteiger partial charge in [0.15, 0.2) is 0 Å². The number of rotatable bonds is 16. The van der Waals surface area contributed by atoms with Gasteiger partial charge in [0.1, 0.15) is 24.2 Å². The molecule has 18 heteroatoms. The second-order valence-electron chi connectivity index (χ2n) is 17.8. The standard InChI is InChI=1S/C51H56F4N6O8/c1-5-7-23-49(24-8-6-2)37-25-33(56-43(62)39-27-50(52,53)29-60(39)45(64)41(58-47(66)68-3)31-15-11-9-12-16-31)19-21-35(37)36-22-20-34(26-38(36)49)57-44(63)40-28-51(54,55)30-61(40)46(65)42(59-48(67)69-4)32-17-13-10-14-18-32/h9-22,25-26,39-42H,5-8,23-24,27-30H2,1-4H3,(H,56,62)(H,57,63)(H,58,66)(H,59,67)/t39-,40-,41+,42+/m0/s1. The lowest BCUT2D eigenvalue weighted by molar-refractivity contribution is -0.139. The fourth-order valence-electron chi connectivity index (χ4n) is 9.84. The third-order valence-corrected chi connectivity index (χ3v) is 13.2. The first kappa shape index (κ1) is 49.9. The molecular weight excluding hydrogens is 901 g/mol. The number of unbranched alkanes of at least 4 members (excludes halogenated alkanes) is 2. The van der Waals surface area contributed by atoms with Crippen LogP contribution in [0.25, 0.3) is 11.1 Å². The Labute approximate surface area is 397 Å². The van der Waals surface area contributed by atoms with E-state index in [9.17, 15) is 28.8 Å². The third-order valence-electron chi connectivity index (χ3n) is 13.2. The van der Waals surface area contributed by atoms with E-state index in [2.05, 4.69) is 35.1 Å². The first-order chi connectivity index (χ1) is 32.9. The van der Waals surface area contributed by atoms with E-state index in [-0.39, 0.29) is 0 Å². The molecule has 0 radical (unpaired) electrons. The summed E-state index contributed by atoms with van der Waals surface area (Å²) in [6, 6.07) is 20.6. The van der Waals surface area contributed by atoms with Crippen molar-refractivity contribution in [1.82, 2.24) is 20.4 Å². The van der Waals surface area contributed by atoms with Crippen LogP contribution in [0.4, 0.5) is 38.5 Å². The van der Waals surface area contributed by atoms with Gasteiger partial charge >= 0.3 is 12.2 Å². The number of amides is 6. The molecule has 1 aliphatic carbocycles. The van der Waals surface area contributed by atoms with Crippen molar-refractivity contribution in [2.75, 3.05) is 37.9 Å². The number of halogens is 4. The van der Waals surface area contributed by atoms with Gasteiger partial charge in [0, 0.05) is 29.6 Å². The zero-order valence-corrected chi connectivity index (χ0v) is 38.8. The van der Waals surface area contributed by atoms with Crippen LogP contribution in [0.1, 0.15) is 99.6 Å². The summed E-state index contributed by atoms with van der Waals surface area (Å²) >= 11 is 0. The van der Waals surface area contributed by atoms with E-state index >= 15 is 17.6 Å². The van der Waals surface area contributed by atoms with E-state index < -0.39 is 103 Å². The summed E-state index contributed by atoms with van der Waals surface area (Å²) < 4.78 is 70.3. The lowest BCUT2D eigenvalue weighted by Gasteiger charge is -2.33. The minimum Gasteiger partial charge on any atom is -0.453 e. The summed E-state index contributed by atoms with van der Waals surface area (Å²) in [5.41, 5.74) is 3.93. The van der Waals surface area contributed by atoms with Crippen LogP contribution in [0.2, 0.25) is 0 Å². The van der Waals surface area contributed by atoms with Crippen molar-refractivity contribution < 1.29 is 55.8 Å². The average molecular weight is 957 g/mol. The van der Waals surface area contributed by atoms with E-state index in [1.807, 2.05) is 24.3 Å². The monoisotopic (exact) mass is 956 g/mol. The van der Waals surface area contributed by atoms with Crippen molar-refractivity contribution in [2.24, 2.45) is 0 Å². The number of methoxy groups -OCH3 is 2. The summed E-state index contributed by atoms with van der Waals surface area (Å²) in [7, 11) is 2.21. The van der Waals surface area contributed by atoms with Crippen LogP contribution in [0.3, 0.4) is 0 Å². The van der Waals surface area contributed by atoms with E-state index in [1.54, 1.807) is 72.8 Å². The van der Waals surface area contributed by atoms with Gasteiger partial charge in [-0.1, -0.05) is 112 Å². The summed E-state index contributed by atoms with van der Waals surface area (Å²) in [5, 5.41) is 10.4. The minimum atomic E-state index is -3.41. The maximum Gasteiger partial charge on any atom is 0.407 e. The molecule has 4 atom stereocenters. The number of alkyl halides is 4. The van der Waals surface area contributed by atoms with Gasteiger partial charge < -0.3 is 40.5 Å². The first-order valence-electron chi connectivity index (χ1n) is 23.0. The second kappa shape index (κ2) is 20.7. The van der Waals surface area contributed by atoms with Gasteiger partial charge in [-0.2, -0.15) is 0 Å². The predicted molar refractivity (Wildman–Crippen MR) is 249 cm³/mol. The van der Waals surface area contributed by atoms with Gasteiger partial charge in [-0.3, -0.25) is 19.2 Å². The average Bonchev–Trinajstić information content (AvgIpc) is 3.96. The Morgan fingerprint density at radius 1 is 0.594 bits per heavy atom. The number of likely N-dealkylation sites (tertiary alicyclic amines) is 2. The van der Waals surface area contributed by atoms with Crippen LogP contribution in [0, 0.1) is 0 Å². The van der Waals surface area contributed by atoms with Crippen LogP contribution in [-0.4, -0.2) is 96.9 Å². The van der Waals surface area contributed by atoms with Gasteiger partial charge in [-0.05, 0) is 70.5 Å². The van der Waals surface area contributed by atoms with Crippen molar-refractivity contribution in [2.45, 2.75) is 107 Å². The first-order valence-corrected chi connectivity index (χ1v) is 23.0. The number of fused-ring (bicyclic) bond motifs is 3. The van der Waals surface area contributed by atoms with Crippen LogP contribution in [-0.2, 0) is 34.1 Å². The van der Waals surface area contributed by atoms with E-state index in [0.29, 0.717) is 35.3 Å². The fraction of sp³-hybridized carbons (Fsp3) is 0.412. The Hall–Kier alpha value is -6.98. The van der Waals surface area contributed by atoms with Crippen LogP contribution in [0.15, 0.2) is 97.1 Å². The SMILES string of the molecule is CCCCC1(CCCC)c2cc(NC(=O)[C@@H]3CC(F)(F)CN3C(=O)[C@H](NC(=O)OC)c3ccccc3)ccc2-c2ccc(NC(=O)[C@@H]3CC(F)(F)CN3C(=O)[C@H](NC(=O)OC)c3ccccc3)cc21. The molecule has 69 heavy (non-hydrogen) atoms. The van der Waals surface area contributed by atoms with Crippen molar-refractivity contribution in [3.8, 4) is 11.1 Å². The largest absolute Gasteiger partial charge is 0.453 e. The highest BCUT2D eigenvalue weighted by Crippen LogP contribution is 2.55. The summed E-state index contributed by atoms with van der Waals surface area (Å²) in [6.45, 7) is 2.00. The number of carbonyl (C=O) groups excluding carboxylic acids is 6. The Morgan fingerprint density at radius 2 is 0.971 bits per heavy atom. The number of nitrogens with zero attached hydrogens (tertiary/aromatic N) is 2. The highest BCUT2D eigenvalue weighted by atomic mass is 19.3. The molecule has 7 rings (SSSR count). The van der Waals surface area contributed by atoms with Crippen molar-refractivity contribution >= 4 is 47.2 Å². The smallest absolute Gasteiger partial charge is 0.407 e. The Bertz CT molecular complexity index is 2390. The fourth-order valence-corrected chi connectivity index (χ4v) is 9.84. The molecule has 2 aliphatic heterocycles. The highest BCUT2D eigenvalue weighted by Gasteiger charge is 2.53. The molecule has 6 amide bonds. The molecule has 14 nitrogen and oxygen atoms in total. The molecule has 0 bridgehead atoms. The predicted octanol–water partition coefficient (Wildman–Crippen LogP) is 8.88. The Kier molecular flexibility index (Phi) is 15.0. The molecule has 366 valence electrons. The highest BCUT2D eigenvalue weighted by molar-refractivity contribution is 6.01. The van der Waals surface area contributed by atoms with Crippen LogP contribution >= 0.6 is 0 Å². The van der Waals surface area contributed by atoms with Gasteiger partial charge in [-0.15, -0.1) is 0 Å². The molecule has 0 spiro atoms. The third kappa shape index (κ3) is 10.7. The molecule has 0 unspecified atom stereocenters. The van der Waals surface area contributed by atoms with Crippen molar-refractivity contribution in [1.29, 1.82) is 0 Å². The quantitative estimate of drug-likeness (QED) is 0.0806. The van der Waals surface area contributed by atoms with Crippen molar-refractivity contribution in [3.63, 3.8) is 0 Å². The van der Waals surface area contributed by atoms with E-state index in [1.165, 1.54) is 0 Å². The normalized spacial score (nSPS) is 19.1. The van der Waals surface area contributed by atoms with Crippen LogP contribution < -0.4 is 21.3 Å². The number of ether oxygens (including phenoxy) is 2. The molecule has 4 aromatic carbocycles. The van der Waals surface area contributed by atoms with E-state index in [0.717, 1.165) is 72.0 Å². The maximum absolute atomic E-state index is 15.2. The molecule has 2 saturated heterocycles. The number of benzene rings is 4.